The van der Waals surface area contributed by atoms with Gasteiger partial charge < -0.3 is 39.4 Å². The van der Waals surface area contributed by atoms with E-state index in [1.807, 2.05) is 0 Å². The van der Waals surface area contributed by atoms with Crippen LogP contribution in [0, 0.1) is 0 Å². The number of amides is 6. The number of esters is 4. The fourth-order valence-electron chi connectivity index (χ4n) is 6.89. The van der Waals surface area contributed by atoms with E-state index in [-0.39, 0.29) is 43.3 Å². The molecular weight excluding hydrogens is 803 g/mol. The zero-order valence-electron chi connectivity index (χ0n) is 32.9. The van der Waals surface area contributed by atoms with Crippen LogP contribution in [0.5, 0.6) is 11.5 Å². The molecule has 0 aliphatic carbocycles. The van der Waals surface area contributed by atoms with Crippen LogP contribution in [0.25, 0.3) is 0 Å². The van der Waals surface area contributed by atoms with Gasteiger partial charge in [-0.05, 0) is 43.2 Å². The van der Waals surface area contributed by atoms with Gasteiger partial charge in [-0.2, -0.15) is 0 Å². The fraction of sp³-hybridized carbons (Fsp3) is 0.341. The molecular formula is C41H41N5O13S. The van der Waals surface area contributed by atoms with E-state index in [0.717, 1.165) is 36.6 Å². The second kappa shape index (κ2) is 18.0. The standard InChI is InChI=1S/C41H41N5O13S/c1-5-44-18-19-45(36(52)35(44)51)40(55)43-30(26-14-10-7-11-15-26)33(49)42-31-34(50)46-32(39(54)56-21-25-12-8-6-9-13-25)41(4,60-37(31)46)22-57-38(53)27-16-17-28(58-23(2)47)29(20-27)59-24(3)48/h6-17,20,30-32,37H,5,18-19,21-22H2,1-4H3,(H,42,49)(H,43,55)/t30-,31-,32?,37+,41+/m1/s1. The summed E-state index contributed by atoms with van der Waals surface area (Å²) in [5.74, 6) is -6.84. The van der Waals surface area contributed by atoms with Crippen LogP contribution in [0.2, 0.25) is 0 Å². The zero-order valence-corrected chi connectivity index (χ0v) is 33.7. The Morgan fingerprint density at radius 3 is 2.13 bits per heavy atom. The molecule has 0 bridgehead atoms. The quantitative estimate of drug-likeness (QED) is 0.109. The van der Waals surface area contributed by atoms with E-state index in [0.29, 0.717) is 11.1 Å². The number of likely N-dealkylation sites (N-methyl/N-ethyl adjacent to an activating group) is 1. The number of fused-ring (bicyclic) bond motifs is 1. The Morgan fingerprint density at radius 1 is 0.833 bits per heavy atom. The molecule has 18 nitrogen and oxygen atoms in total. The smallest absolute Gasteiger partial charge is 0.338 e. The molecule has 6 rings (SSSR count). The molecule has 60 heavy (non-hydrogen) atoms. The number of ether oxygens (including phenoxy) is 4. The summed E-state index contributed by atoms with van der Waals surface area (Å²) in [6, 6.07) is 15.7. The van der Waals surface area contributed by atoms with Crippen LogP contribution in [-0.2, 0) is 49.6 Å². The van der Waals surface area contributed by atoms with E-state index < -0.39 is 88.4 Å². The zero-order chi connectivity index (χ0) is 43.3. The molecule has 0 radical (unpaired) electrons. The van der Waals surface area contributed by atoms with Crippen molar-refractivity contribution in [2.24, 2.45) is 0 Å². The van der Waals surface area contributed by atoms with E-state index in [2.05, 4.69) is 10.6 Å². The third-order valence-electron chi connectivity index (χ3n) is 9.85. The number of benzene rings is 3. The predicted molar refractivity (Wildman–Crippen MR) is 210 cm³/mol. The fourth-order valence-corrected chi connectivity index (χ4v) is 8.57. The summed E-state index contributed by atoms with van der Waals surface area (Å²) in [5.41, 5.74) is 0.900. The number of imide groups is 1. The van der Waals surface area contributed by atoms with Crippen molar-refractivity contribution in [3.05, 3.63) is 95.6 Å². The molecule has 3 aromatic rings. The van der Waals surface area contributed by atoms with Crippen molar-refractivity contribution in [3.8, 4) is 11.5 Å². The highest BCUT2D eigenvalue weighted by Crippen LogP contribution is 2.52. The van der Waals surface area contributed by atoms with Crippen molar-refractivity contribution in [3.63, 3.8) is 0 Å². The van der Waals surface area contributed by atoms with Crippen LogP contribution >= 0.6 is 11.8 Å². The van der Waals surface area contributed by atoms with Crippen LogP contribution in [0.1, 0.15) is 55.2 Å². The summed E-state index contributed by atoms with van der Waals surface area (Å²) >= 11 is 1.08. The summed E-state index contributed by atoms with van der Waals surface area (Å²) in [6.07, 6.45) is 0. The van der Waals surface area contributed by atoms with E-state index in [4.69, 9.17) is 18.9 Å². The first-order valence-corrected chi connectivity index (χ1v) is 19.6. The SMILES string of the molecule is CCN1CCN(C(=O)N[C@@H](C(=O)N[C@@H]2C(=O)N3C(C(=O)OCc4ccccc4)[C@](C)(COC(=O)c4ccc(OC(C)=O)c(OC(C)=O)c4)S[C@@H]23)c2ccccc2)C(=O)C1=O. The van der Waals surface area contributed by atoms with Crippen molar-refractivity contribution < 1.29 is 62.1 Å². The maximum absolute atomic E-state index is 14.0. The van der Waals surface area contributed by atoms with Crippen molar-refractivity contribution in [2.45, 2.75) is 62.5 Å². The van der Waals surface area contributed by atoms with Crippen LogP contribution in [0.4, 0.5) is 4.79 Å². The minimum absolute atomic E-state index is 0.0891. The first-order valence-electron chi connectivity index (χ1n) is 18.8. The molecule has 3 fully saturated rings. The van der Waals surface area contributed by atoms with Crippen molar-refractivity contribution >= 4 is 65.3 Å². The van der Waals surface area contributed by atoms with E-state index >= 15 is 0 Å². The largest absolute Gasteiger partial charge is 0.461 e. The number of nitrogens with zero attached hydrogens (tertiary/aromatic N) is 3. The molecule has 3 saturated heterocycles. The van der Waals surface area contributed by atoms with Crippen LogP contribution in [0.3, 0.4) is 0 Å². The number of nitrogens with one attached hydrogen (secondary N) is 2. The number of carbonyl (C=O) groups excluding carboxylic acids is 9. The summed E-state index contributed by atoms with van der Waals surface area (Å²) in [7, 11) is 0. The lowest BCUT2D eigenvalue weighted by Crippen LogP contribution is -2.71. The van der Waals surface area contributed by atoms with Crippen molar-refractivity contribution in [2.75, 3.05) is 26.2 Å². The number of piperazine rings is 1. The van der Waals surface area contributed by atoms with Crippen molar-refractivity contribution in [1.29, 1.82) is 0 Å². The lowest BCUT2D eigenvalue weighted by molar-refractivity contribution is -0.166. The Balaban J connectivity index is 1.21. The Kier molecular flexibility index (Phi) is 12.9. The second-order valence-corrected chi connectivity index (χ2v) is 15.8. The van der Waals surface area contributed by atoms with Gasteiger partial charge in [-0.25, -0.2) is 14.4 Å². The molecule has 1 unspecified atom stereocenters. The van der Waals surface area contributed by atoms with Crippen molar-refractivity contribution in [1.82, 2.24) is 25.3 Å². The van der Waals surface area contributed by atoms with E-state index in [1.165, 1.54) is 21.9 Å². The van der Waals surface area contributed by atoms with Gasteiger partial charge in [-0.15, -0.1) is 11.8 Å². The van der Waals surface area contributed by atoms with E-state index in [9.17, 15) is 43.2 Å². The van der Waals surface area contributed by atoms with Gasteiger partial charge in [0.05, 0.1) is 10.3 Å². The summed E-state index contributed by atoms with van der Waals surface area (Å²) in [6.45, 7) is 5.29. The van der Waals surface area contributed by atoms with Gasteiger partial charge in [0.1, 0.15) is 36.7 Å². The molecule has 6 amide bonds. The number of hydrogen-bond acceptors (Lipinski definition) is 14. The topological polar surface area (TPSA) is 224 Å². The Bertz CT molecular complexity index is 2220. The Labute approximate surface area is 347 Å². The molecule has 3 aliphatic rings. The maximum atomic E-state index is 14.0. The minimum Gasteiger partial charge on any atom is -0.461 e. The minimum atomic E-state index is -1.41. The monoisotopic (exact) mass is 843 g/mol. The van der Waals surface area contributed by atoms with Crippen LogP contribution in [-0.4, -0.2) is 117 Å². The normalized spacial score (nSPS) is 21.2. The average Bonchev–Trinajstić information content (AvgIpc) is 3.51. The van der Waals surface area contributed by atoms with Crippen LogP contribution in [0.15, 0.2) is 78.9 Å². The van der Waals surface area contributed by atoms with Gasteiger partial charge in [0.15, 0.2) is 11.5 Å². The first kappa shape index (κ1) is 42.8. The second-order valence-electron chi connectivity index (χ2n) is 14.1. The number of carbonyl (C=O) groups is 9. The maximum Gasteiger partial charge on any atom is 0.338 e. The van der Waals surface area contributed by atoms with Gasteiger partial charge in [-0.1, -0.05) is 60.7 Å². The molecule has 0 aromatic heterocycles. The average molecular weight is 844 g/mol. The lowest BCUT2D eigenvalue weighted by Gasteiger charge is -2.44. The molecule has 3 heterocycles. The van der Waals surface area contributed by atoms with E-state index in [1.54, 1.807) is 74.5 Å². The number of urea groups is 1. The number of rotatable bonds is 13. The summed E-state index contributed by atoms with van der Waals surface area (Å²) in [5, 5.41) is 4.35. The lowest BCUT2D eigenvalue weighted by atomic mass is 9.94. The third kappa shape index (κ3) is 9.10. The molecule has 3 aromatic carbocycles. The van der Waals surface area contributed by atoms with Gasteiger partial charge >= 0.3 is 41.7 Å². The van der Waals surface area contributed by atoms with Crippen LogP contribution < -0.4 is 20.1 Å². The Hall–Kier alpha value is -6.76. The number of thioether (sulfide) groups is 1. The number of β-lactam (4-membered cyclic amide) rings is 1. The highest BCUT2D eigenvalue weighted by Gasteiger charge is 2.66. The molecule has 19 heteroatoms. The van der Waals surface area contributed by atoms with Gasteiger partial charge in [-0.3, -0.25) is 33.7 Å². The molecule has 2 N–H and O–H groups in total. The molecule has 0 saturated carbocycles. The molecule has 5 atom stereocenters. The van der Waals surface area contributed by atoms with Gasteiger partial charge in [0, 0.05) is 33.5 Å². The molecule has 3 aliphatic heterocycles. The predicted octanol–water partition coefficient (Wildman–Crippen LogP) is 2.11. The highest BCUT2D eigenvalue weighted by atomic mass is 32.2. The molecule has 314 valence electrons. The number of hydrogen-bond donors (Lipinski definition) is 2. The first-order chi connectivity index (χ1) is 28.6. The molecule has 0 spiro atoms. The van der Waals surface area contributed by atoms with Gasteiger partial charge in [0.25, 0.3) is 0 Å². The Morgan fingerprint density at radius 2 is 1.48 bits per heavy atom. The third-order valence-corrected chi connectivity index (χ3v) is 11.5. The highest BCUT2D eigenvalue weighted by molar-refractivity contribution is 8.01. The summed E-state index contributed by atoms with van der Waals surface area (Å²) in [4.78, 5) is 121. The summed E-state index contributed by atoms with van der Waals surface area (Å²) < 4.78 is 20.2. The van der Waals surface area contributed by atoms with Gasteiger partial charge in [0.2, 0.25) is 11.8 Å².